The van der Waals surface area contributed by atoms with Gasteiger partial charge in [0.2, 0.25) is 0 Å². The van der Waals surface area contributed by atoms with Gasteiger partial charge >= 0.3 is 11.9 Å². The number of hydrogen-bond acceptors (Lipinski definition) is 7. The molecule has 4 N–H and O–H groups in total. The molecular weight excluding hydrogens is 452 g/mol. The second-order valence-corrected chi connectivity index (χ2v) is 8.50. The average Bonchev–Trinajstić information content (AvgIpc) is 3.46. The van der Waals surface area contributed by atoms with Crippen molar-refractivity contribution >= 4 is 22.9 Å². The molecule has 2 heterocycles. The number of carboxylic acids is 2. The molecule has 2 unspecified atom stereocenters. The Bertz CT molecular complexity index is 1190. The Morgan fingerprint density at radius 2 is 1.69 bits per heavy atom. The Morgan fingerprint density at radius 1 is 1.06 bits per heavy atom. The summed E-state index contributed by atoms with van der Waals surface area (Å²) in [4.78, 5) is 22.1. The highest BCUT2D eigenvalue weighted by Gasteiger charge is 2.29. The maximum atomic E-state index is 9.77. The van der Waals surface area contributed by atoms with Crippen LogP contribution in [0.1, 0.15) is 31.1 Å². The van der Waals surface area contributed by atoms with Crippen LogP contribution in [0.25, 0.3) is 22.1 Å². The lowest BCUT2D eigenvalue weighted by molar-refractivity contribution is -0.165. The van der Waals surface area contributed by atoms with Crippen LogP contribution in [0.5, 0.6) is 0 Å². The first-order valence-electron chi connectivity index (χ1n) is 11.3. The van der Waals surface area contributed by atoms with Crippen LogP contribution in [0, 0.1) is 11.3 Å². The van der Waals surface area contributed by atoms with Crippen molar-refractivity contribution in [2.45, 2.75) is 44.4 Å². The Labute approximate surface area is 202 Å². The smallest absolute Gasteiger partial charge is 0.335 e. The van der Waals surface area contributed by atoms with Crippen LogP contribution in [-0.4, -0.2) is 68.6 Å². The van der Waals surface area contributed by atoms with E-state index in [1.807, 2.05) is 30.3 Å². The van der Waals surface area contributed by atoms with Crippen molar-refractivity contribution < 1.29 is 34.4 Å². The zero-order valence-electron chi connectivity index (χ0n) is 19.3. The van der Waals surface area contributed by atoms with Gasteiger partial charge in [-0.2, -0.15) is 5.26 Å². The molecular formula is C26H28N2O7. The molecule has 2 aromatic carbocycles. The van der Waals surface area contributed by atoms with Gasteiger partial charge in [-0.15, -0.1) is 0 Å². The van der Waals surface area contributed by atoms with E-state index >= 15 is 0 Å². The first kappa shape index (κ1) is 25.9. The molecule has 0 saturated carbocycles. The van der Waals surface area contributed by atoms with Gasteiger partial charge in [-0.05, 0) is 67.8 Å². The summed E-state index contributed by atoms with van der Waals surface area (Å²) in [7, 11) is 0. The van der Waals surface area contributed by atoms with Gasteiger partial charge in [0.05, 0.1) is 11.6 Å². The number of aliphatic hydroxyl groups is 2. The molecule has 0 amide bonds. The number of nitriles is 1. The maximum Gasteiger partial charge on any atom is 0.335 e. The molecule has 4 rings (SSSR count). The lowest BCUT2D eigenvalue weighted by Gasteiger charge is -2.19. The molecule has 35 heavy (non-hydrogen) atoms. The van der Waals surface area contributed by atoms with Gasteiger partial charge in [0.1, 0.15) is 11.3 Å². The van der Waals surface area contributed by atoms with Crippen LogP contribution in [0.4, 0.5) is 0 Å². The number of furan rings is 1. The van der Waals surface area contributed by atoms with Gasteiger partial charge in [0.15, 0.2) is 12.2 Å². The van der Waals surface area contributed by atoms with Gasteiger partial charge in [-0.25, -0.2) is 9.59 Å². The highest BCUT2D eigenvalue weighted by molar-refractivity contribution is 5.84. The Balaban J connectivity index is 0.000000292. The number of likely N-dealkylation sites (tertiary alicyclic amines) is 1. The maximum absolute atomic E-state index is 9.77. The van der Waals surface area contributed by atoms with Crippen LogP contribution < -0.4 is 0 Å². The second kappa shape index (κ2) is 11.6. The number of aliphatic hydroxyl groups excluding tert-OH is 2. The normalized spacial score (nSPS) is 17.3. The van der Waals surface area contributed by atoms with Gasteiger partial charge in [-0.3, -0.25) is 0 Å². The monoisotopic (exact) mass is 480 g/mol. The summed E-state index contributed by atoms with van der Waals surface area (Å²) in [5, 5.41) is 42.6. The molecule has 184 valence electrons. The first-order chi connectivity index (χ1) is 16.7. The van der Waals surface area contributed by atoms with E-state index in [0.717, 1.165) is 40.8 Å². The number of hydrogen-bond donors (Lipinski definition) is 4. The van der Waals surface area contributed by atoms with Crippen molar-refractivity contribution in [1.29, 1.82) is 5.26 Å². The van der Waals surface area contributed by atoms with E-state index in [1.54, 1.807) is 0 Å². The molecule has 1 saturated heterocycles. The quantitative estimate of drug-likeness (QED) is 0.399. The minimum absolute atomic E-state index is 0.687. The minimum atomic E-state index is -2.27. The van der Waals surface area contributed by atoms with E-state index in [4.69, 9.17) is 30.1 Å². The van der Waals surface area contributed by atoms with Crippen LogP contribution >= 0.6 is 0 Å². The Kier molecular flexibility index (Phi) is 8.60. The summed E-state index contributed by atoms with van der Waals surface area (Å²) in [5.74, 6) is -2.48. The molecule has 1 aliphatic heterocycles. The van der Waals surface area contributed by atoms with E-state index in [1.165, 1.54) is 19.4 Å². The number of fused-ring (bicyclic) bond motifs is 1. The molecule has 9 nitrogen and oxygen atoms in total. The predicted octanol–water partition coefficient (Wildman–Crippen LogP) is 2.88. The summed E-state index contributed by atoms with van der Waals surface area (Å²) < 4.78 is 6.02. The number of aliphatic carboxylic acids is 2. The van der Waals surface area contributed by atoms with Crippen LogP contribution in [0.3, 0.4) is 0 Å². The first-order valence-corrected chi connectivity index (χ1v) is 11.3. The molecule has 1 fully saturated rings. The van der Waals surface area contributed by atoms with Crippen molar-refractivity contribution in [2.75, 3.05) is 13.1 Å². The molecule has 3 aromatic rings. The lowest BCUT2D eigenvalue weighted by atomic mass is 10.0. The van der Waals surface area contributed by atoms with Gasteiger partial charge in [-0.1, -0.05) is 18.2 Å². The third-order valence-electron chi connectivity index (χ3n) is 6.06. The molecule has 9 heteroatoms. The topological polar surface area (TPSA) is 155 Å². The average molecular weight is 481 g/mol. The Morgan fingerprint density at radius 3 is 2.23 bits per heavy atom. The van der Waals surface area contributed by atoms with Gasteiger partial charge < -0.3 is 29.7 Å². The van der Waals surface area contributed by atoms with E-state index < -0.39 is 24.1 Å². The lowest BCUT2D eigenvalue weighted by Crippen LogP contribution is -2.39. The Hall–Kier alpha value is -3.71. The third kappa shape index (κ3) is 6.67. The third-order valence-corrected chi connectivity index (χ3v) is 6.06. The van der Waals surface area contributed by atoms with Gasteiger partial charge in [0.25, 0.3) is 0 Å². The zero-order chi connectivity index (χ0) is 25.5. The largest absolute Gasteiger partial charge is 0.479 e. The van der Waals surface area contributed by atoms with Gasteiger partial charge in [0, 0.05) is 24.4 Å². The molecule has 0 bridgehead atoms. The van der Waals surface area contributed by atoms with Crippen LogP contribution in [-0.2, 0) is 16.0 Å². The SMILES string of the molecule is C[C@@H]1CCCN1CCc1cc2cc(-c3ccc(C#N)cc3)ccc2o1.O=C(O)C(O)C(O)C(=O)O. The van der Waals surface area contributed by atoms with Crippen LogP contribution in [0.2, 0.25) is 0 Å². The van der Waals surface area contributed by atoms with Crippen molar-refractivity contribution in [2.24, 2.45) is 0 Å². The number of carbonyl (C=O) groups is 2. The summed E-state index contributed by atoms with van der Waals surface area (Å²) >= 11 is 0. The van der Waals surface area contributed by atoms with Crippen molar-refractivity contribution in [3.8, 4) is 17.2 Å². The molecule has 0 radical (unpaired) electrons. The van der Waals surface area contributed by atoms with Crippen molar-refractivity contribution in [3.05, 3.63) is 59.9 Å². The summed E-state index contributed by atoms with van der Waals surface area (Å²) in [6, 6.07) is 19.0. The van der Waals surface area contributed by atoms with E-state index in [2.05, 4.69) is 36.1 Å². The molecule has 3 atom stereocenters. The number of carboxylic acid groups (broad SMARTS) is 2. The summed E-state index contributed by atoms with van der Waals surface area (Å²) in [5.41, 5.74) is 3.90. The highest BCUT2D eigenvalue weighted by atomic mass is 16.4. The molecule has 1 aromatic heterocycles. The molecule has 0 aliphatic carbocycles. The standard InChI is InChI=1S/C22H22N2O.C4H6O6/c1-16-3-2-11-24(16)12-10-21-14-20-13-19(8-9-22(20)25-21)18-6-4-17(15-23)5-7-18;5-1(3(7)8)2(6)4(9)10/h4-9,13-14,16H,2-3,10-12H2,1H3;1-2,5-6H,(H,7,8)(H,9,10)/t16-;/m1./s1. The second-order valence-electron chi connectivity index (χ2n) is 8.50. The fourth-order valence-electron chi connectivity index (χ4n) is 3.99. The number of nitrogens with zero attached hydrogens (tertiary/aromatic N) is 2. The van der Waals surface area contributed by atoms with E-state index in [0.29, 0.717) is 11.6 Å². The molecule has 1 aliphatic rings. The number of benzene rings is 2. The minimum Gasteiger partial charge on any atom is -0.479 e. The van der Waals surface area contributed by atoms with E-state index in [-0.39, 0.29) is 0 Å². The van der Waals surface area contributed by atoms with Crippen LogP contribution in [0.15, 0.2) is 52.9 Å². The number of rotatable bonds is 7. The van der Waals surface area contributed by atoms with Crippen molar-refractivity contribution in [1.82, 2.24) is 4.90 Å². The van der Waals surface area contributed by atoms with E-state index in [9.17, 15) is 9.59 Å². The zero-order valence-corrected chi connectivity index (χ0v) is 19.3. The van der Waals surface area contributed by atoms with Crippen molar-refractivity contribution in [3.63, 3.8) is 0 Å². The summed E-state index contributed by atoms with van der Waals surface area (Å²) in [6.45, 7) is 4.60. The predicted molar refractivity (Wildman–Crippen MR) is 128 cm³/mol. The molecule has 0 spiro atoms. The fraction of sp³-hybridized carbons (Fsp3) is 0.346. The summed E-state index contributed by atoms with van der Waals surface area (Å²) in [6.07, 6.45) is -0.941. The highest BCUT2D eigenvalue weighted by Crippen LogP contribution is 2.27. The fourth-order valence-corrected chi connectivity index (χ4v) is 3.99.